The summed E-state index contributed by atoms with van der Waals surface area (Å²) in [6.45, 7) is 2.53. The van der Waals surface area contributed by atoms with Crippen molar-refractivity contribution in [1.29, 1.82) is 0 Å². The van der Waals surface area contributed by atoms with Gasteiger partial charge in [-0.2, -0.15) is 0 Å². The molecular weight excluding hydrogens is 306 g/mol. The minimum Gasteiger partial charge on any atom is -0.486 e. The molecule has 1 aromatic heterocycles. The number of carbonyl (C=O) groups excluding carboxylic acids is 1. The number of nitrogens with one attached hydrogen (secondary N) is 2. The van der Waals surface area contributed by atoms with Gasteiger partial charge in [0.2, 0.25) is 0 Å². The monoisotopic (exact) mass is 327 g/mol. The molecule has 0 spiro atoms. The molecule has 6 nitrogen and oxygen atoms in total. The zero-order chi connectivity index (χ0) is 16.6. The molecule has 0 radical (unpaired) electrons. The maximum absolute atomic E-state index is 12.2. The van der Waals surface area contributed by atoms with Crippen LogP contribution in [-0.4, -0.2) is 37.2 Å². The van der Waals surface area contributed by atoms with Crippen molar-refractivity contribution in [3.05, 3.63) is 48.2 Å². The summed E-state index contributed by atoms with van der Waals surface area (Å²) in [6.07, 6.45) is 3.62. The summed E-state index contributed by atoms with van der Waals surface area (Å²) in [4.78, 5) is 16.3. The summed E-state index contributed by atoms with van der Waals surface area (Å²) < 4.78 is 10.9. The average Bonchev–Trinajstić information content (AvgIpc) is 2.65. The van der Waals surface area contributed by atoms with Crippen LogP contribution in [0.15, 0.2) is 42.6 Å². The van der Waals surface area contributed by atoms with Gasteiger partial charge in [0, 0.05) is 24.8 Å². The molecule has 1 aliphatic heterocycles. The first-order valence-corrected chi connectivity index (χ1v) is 8.16. The molecule has 2 aromatic rings. The zero-order valence-corrected chi connectivity index (χ0v) is 13.5. The molecule has 24 heavy (non-hydrogen) atoms. The second-order valence-corrected chi connectivity index (χ2v) is 5.46. The molecule has 2 heterocycles. The number of rotatable bonds is 7. The van der Waals surface area contributed by atoms with E-state index in [0.717, 1.165) is 25.2 Å². The zero-order valence-electron chi connectivity index (χ0n) is 13.5. The SMILES string of the molecule is O=C(NCCCCNc1ccccn1)c1ccc2c(c1)OCCO2. The van der Waals surface area contributed by atoms with Gasteiger partial charge in [-0.15, -0.1) is 0 Å². The summed E-state index contributed by atoms with van der Waals surface area (Å²) >= 11 is 0. The van der Waals surface area contributed by atoms with Crippen LogP contribution in [0.5, 0.6) is 11.5 Å². The molecule has 0 fully saturated rings. The van der Waals surface area contributed by atoms with Gasteiger partial charge in [0.25, 0.3) is 5.91 Å². The van der Waals surface area contributed by atoms with E-state index in [1.807, 2.05) is 18.2 Å². The molecule has 6 heteroatoms. The minimum atomic E-state index is -0.0929. The Labute approximate surface area is 141 Å². The summed E-state index contributed by atoms with van der Waals surface area (Å²) in [6, 6.07) is 11.0. The van der Waals surface area contributed by atoms with E-state index >= 15 is 0 Å². The Kier molecular flexibility index (Phi) is 5.50. The molecule has 0 saturated carbocycles. The van der Waals surface area contributed by atoms with Crippen LogP contribution in [0.2, 0.25) is 0 Å². The Bertz CT molecular complexity index is 676. The molecular formula is C18H21N3O3. The maximum Gasteiger partial charge on any atom is 0.251 e. The minimum absolute atomic E-state index is 0.0929. The van der Waals surface area contributed by atoms with Crippen LogP contribution in [0.25, 0.3) is 0 Å². The number of benzene rings is 1. The topological polar surface area (TPSA) is 72.5 Å². The number of nitrogens with zero attached hydrogens (tertiary/aromatic N) is 1. The van der Waals surface area contributed by atoms with E-state index in [1.54, 1.807) is 24.4 Å². The van der Waals surface area contributed by atoms with Crippen LogP contribution in [0.3, 0.4) is 0 Å². The van der Waals surface area contributed by atoms with Crippen molar-refractivity contribution in [3.63, 3.8) is 0 Å². The summed E-state index contributed by atoms with van der Waals surface area (Å²) in [5, 5.41) is 6.17. The lowest BCUT2D eigenvalue weighted by Crippen LogP contribution is -2.25. The largest absolute Gasteiger partial charge is 0.486 e. The van der Waals surface area contributed by atoms with Gasteiger partial charge in [0.05, 0.1) is 0 Å². The van der Waals surface area contributed by atoms with Crippen molar-refractivity contribution in [2.75, 3.05) is 31.6 Å². The van der Waals surface area contributed by atoms with E-state index in [-0.39, 0.29) is 5.91 Å². The number of hydrogen-bond donors (Lipinski definition) is 2. The number of fused-ring (bicyclic) bond motifs is 1. The van der Waals surface area contributed by atoms with Gasteiger partial charge in [0.1, 0.15) is 19.0 Å². The standard InChI is InChI=1S/C18H21N3O3/c22-18(14-6-7-15-16(13-14)24-12-11-23-15)21-10-4-3-9-20-17-5-1-2-8-19-17/h1-2,5-8,13H,3-4,9-12H2,(H,19,20)(H,21,22). The molecule has 1 aliphatic rings. The van der Waals surface area contributed by atoms with Crippen LogP contribution < -0.4 is 20.1 Å². The highest BCUT2D eigenvalue weighted by atomic mass is 16.6. The van der Waals surface area contributed by atoms with Crippen molar-refractivity contribution in [1.82, 2.24) is 10.3 Å². The smallest absolute Gasteiger partial charge is 0.251 e. The van der Waals surface area contributed by atoms with Crippen LogP contribution in [-0.2, 0) is 0 Å². The molecule has 2 N–H and O–H groups in total. The third-order valence-electron chi connectivity index (χ3n) is 3.66. The van der Waals surface area contributed by atoms with E-state index in [2.05, 4.69) is 15.6 Å². The number of pyridine rings is 1. The number of ether oxygens (including phenoxy) is 2. The third kappa shape index (κ3) is 4.38. The third-order valence-corrected chi connectivity index (χ3v) is 3.66. The van der Waals surface area contributed by atoms with Crippen LogP contribution in [0.4, 0.5) is 5.82 Å². The molecule has 0 bridgehead atoms. The fourth-order valence-corrected chi connectivity index (χ4v) is 2.42. The molecule has 0 saturated heterocycles. The Morgan fingerprint density at radius 2 is 1.88 bits per heavy atom. The fraction of sp³-hybridized carbons (Fsp3) is 0.333. The van der Waals surface area contributed by atoms with Crippen molar-refractivity contribution in [3.8, 4) is 11.5 Å². The number of hydrogen-bond acceptors (Lipinski definition) is 5. The molecule has 0 atom stereocenters. The van der Waals surface area contributed by atoms with Crippen molar-refractivity contribution in [2.24, 2.45) is 0 Å². The highest BCUT2D eigenvalue weighted by molar-refractivity contribution is 5.94. The molecule has 1 amide bonds. The highest BCUT2D eigenvalue weighted by Gasteiger charge is 2.14. The number of amides is 1. The van der Waals surface area contributed by atoms with Gasteiger partial charge in [-0.05, 0) is 43.2 Å². The van der Waals surface area contributed by atoms with Gasteiger partial charge in [-0.1, -0.05) is 6.07 Å². The predicted molar refractivity (Wildman–Crippen MR) is 91.7 cm³/mol. The molecule has 0 unspecified atom stereocenters. The first-order chi connectivity index (χ1) is 11.8. The van der Waals surface area contributed by atoms with E-state index < -0.39 is 0 Å². The van der Waals surface area contributed by atoms with Gasteiger partial charge < -0.3 is 20.1 Å². The molecule has 1 aromatic carbocycles. The Morgan fingerprint density at radius 3 is 2.71 bits per heavy atom. The van der Waals surface area contributed by atoms with Gasteiger partial charge in [-0.25, -0.2) is 4.98 Å². The van der Waals surface area contributed by atoms with Crippen LogP contribution in [0.1, 0.15) is 23.2 Å². The van der Waals surface area contributed by atoms with Crippen LogP contribution >= 0.6 is 0 Å². The van der Waals surface area contributed by atoms with Gasteiger partial charge in [0.15, 0.2) is 11.5 Å². The van der Waals surface area contributed by atoms with Gasteiger partial charge >= 0.3 is 0 Å². The van der Waals surface area contributed by atoms with Gasteiger partial charge in [-0.3, -0.25) is 4.79 Å². The highest BCUT2D eigenvalue weighted by Crippen LogP contribution is 2.30. The second-order valence-electron chi connectivity index (χ2n) is 5.46. The Balaban J connectivity index is 1.37. The summed E-state index contributed by atoms with van der Waals surface area (Å²) in [5.41, 5.74) is 0.589. The number of carbonyl (C=O) groups is 1. The predicted octanol–water partition coefficient (Wildman–Crippen LogP) is 2.47. The maximum atomic E-state index is 12.2. The first kappa shape index (κ1) is 16.1. The quantitative estimate of drug-likeness (QED) is 0.764. The van der Waals surface area contributed by atoms with E-state index in [9.17, 15) is 4.79 Å². The molecule has 3 rings (SSSR count). The first-order valence-electron chi connectivity index (χ1n) is 8.16. The van der Waals surface area contributed by atoms with E-state index in [0.29, 0.717) is 36.8 Å². The van der Waals surface area contributed by atoms with Crippen molar-refractivity contribution in [2.45, 2.75) is 12.8 Å². The Morgan fingerprint density at radius 1 is 1.04 bits per heavy atom. The second kappa shape index (κ2) is 8.19. The average molecular weight is 327 g/mol. The lowest BCUT2D eigenvalue weighted by Gasteiger charge is -2.18. The number of unbranched alkanes of at least 4 members (excludes halogenated alkanes) is 1. The van der Waals surface area contributed by atoms with E-state index in [4.69, 9.17) is 9.47 Å². The number of aromatic nitrogens is 1. The van der Waals surface area contributed by atoms with Crippen molar-refractivity contribution < 1.29 is 14.3 Å². The lowest BCUT2D eigenvalue weighted by atomic mass is 10.1. The Hall–Kier alpha value is -2.76. The normalized spacial score (nSPS) is 12.5. The fourth-order valence-electron chi connectivity index (χ4n) is 2.42. The molecule has 126 valence electrons. The molecule has 0 aliphatic carbocycles. The number of anilines is 1. The van der Waals surface area contributed by atoms with Crippen LogP contribution in [0, 0.1) is 0 Å². The summed E-state index contributed by atoms with van der Waals surface area (Å²) in [5.74, 6) is 2.11. The summed E-state index contributed by atoms with van der Waals surface area (Å²) in [7, 11) is 0. The van der Waals surface area contributed by atoms with Crippen molar-refractivity contribution >= 4 is 11.7 Å². The van der Waals surface area contributed by atoms with E-state index in [1.165, 1.54) is 0 Å². The lowest BCUT2D eigenvalue weighted by molar-refractivity contribution is 0.0952.